The average molecular weight is 435 g/mol. The van der Waals surface area contributed by atoms with Crippen LogP contribution in [-0.4, -0.2) is 33.0 Å². The van der Waals surface area contributed by atoms with Crippen LogP contribution in [0.15, 0.2) is 53.4 Å². The molecule has 0 aromatic heterocycles. The van der Waals surface area contributed by atoms with Gasteiger partial charge in [-0.15, -0.1) is 0 Å². The number of hydrogen-bond donors (Lipinski definition) is 2. The number of anilines is 1. The highest BCUT2D eigenvalue weighted by molar-refractivity contribution is 7.89. The van der Waals surface area contributed by atoms with Gasteiger partial charge in [0.1, 0.15) is 5.75 Å². The molecule has 0 aliphatic heterocycles. The lowest BCUT2D eigenvalue weighted by atomic mass is 10.1. The third-order valence-corrected chi connectivity index (χ3v) is 5.09. The van der Waals surface area contributed by atoms with Gasteiger partial charge in [-0.25, -0.2) is 18.4 Å². The Morgan fingerprint density at radius 3 is 2.13 bits per heavy atom. The van der Waals surface area contributed by atoms with Crippen LogP contribution in [-0.2, 0) is 19.6 Å². The van der Waals surface area contributed by atoms with E-state index in [1.165, 1.54) is 31.2 Å². The molecule has 0 spiro atoms. The monoisotopic (exact) mass is 434 g/mol. The Bertz CT molecular complexity index is 970. The highest BCUT2D eigenvalue weighted by Crippen LogP contribution is 2.16. The van der Waals surface area contributed by atoms with Crippen LogP contribution in [0.1, 0.15) is 37.6 Å². The van der Waals surface area contributed by atoms with Gasteiger partial charge in [0.05, 0.1) is 17.1 Å². The molecular weight excluding hydrogens is 408 g/mol. The van der Waals surface area contributed by atoms with Crippen LogP contribution < -0.4 is 15.2 Å². The van der Waals surface area contributed by atoms with E-state index >= 15 is 0 Å². The number of hydrogen-bond acceptors (Lipinski definition) is 6. The minimum absolute atomic E-state index is 0.0726. The standard InChI is InChI=1S/C21H26N2O6S/c1-14(2)12-13-28-18-8-4-16(5-9-18)21(25)29-15(3)20(24)23-17-6-10-19(11-7-17)30(22,26)27/h4-11,14-15H,12-13H2,1-3H3,(H,23,24)(H2,22,26,27). The van der Waals surface area contributed by atoms with Crippen molar-refractivity contribution < 1.29 is 27.5 Å². The third-order valence-electron chi connectivity index (χ3n) is 4.16. The largest absolute Gasteiger partial charge is 0.494 e. The molecule has 0 heterocycles. The van der Waals surface area contributed by atoms with Gasteiger partial charge in [0, 0.05) is 5.69 Å². The Hall–Kier alpha value is -2.91. The molecule has 2 aromatic carbocycles. The maximum absolute atomic E-state index is 12.3. The van der Waals surface area contributed by atoms with Gasteiger partial charge in [-0.1, -0.05) is 13.8 Å². The van der Waals surface area contributed by atoms with Gasteiger partial charge in [-0.3, -0.25) is 4.79 Å². The zero-order chi connectivity index (χ0) is 22.3. The maximum Gasteiger partial charge on any atom is 0.338 e. The Morgan fingerprint density at radius 1 is 1.00 bits per heavy atom. The number of sulfonamides is 1. The van der Waals surface area contributed by atoms with Crippen molar-refractivity contribution in [1.82, 2.24) is 0 Å². The summed E-state index contributed by atoms with van der Waals surface area (Å²) in [6.07, 6.45) is -0.126. The third kappa shape index (κ3) is 7.16. The van der Waals surface area contributed by atoms with Crippen molar-refractivity contribution in [2.45, 2.75) is 38.2 Å². The van der Waals surface area contributed by atoms with Crippen LogP contribution in [0.2, 0.25) is 0 Å². The van der Waals surface area contributed by atoms with E-state index in [1.54, 1.807) is 24.3 Å². The number of nitrogens with two attached hydrogens (primary N) is 1. The second-order valence-electron chi connectivity index (χ2n) is 7.16. The van der Waals surface area contributed by atoms with Crippen molar-refractivity contribution in [1.29, 1.82) is 0 Å². The summed E-state index contributed by atoms with van der Waals surface area (Å²) in [5.74, 6) is -0.00393. The molecule has 0 fully saturated rings. The summed E-state index contributed by atoms with van der Waals surface area (Å²) in [7, 11) is -3.81. The summed E-state index contributed by atoms with van der Waals surface area (Å²) in [5, 5.41) is 7.58. The fourth-order valence-corrected chi connectivity index (χ4v) is 2.87. The number of nitrogens with one attached hydrogen (secondary N) is 1. The van der Waals surface area contributed by atoms with Crippen molar-refractivity contribution >= 4 is 27.6 Å². The van der Waals surface area contributed by atoms with Crippen LogP contribution in [0.4, 0.5) is 5.69 Å². The minimum Gasteiger partial charge on any atom is -0.494 e. The van der Waals surface area contributed by atoms with Crippen molar-refractivity contribution in [3.8, 4) is 5.75 Å². The van der Waals surface area contributed by atoms with E-state index in [1.807, 2.05) is 0 Å². The van der Waals surface area contributed by atoms with E-state index in [4.69, 9.17) is 14.6 Å². The molecule has 162 valence electrons. The number of ether oxygens (including phenoxy) is 2. The fourth-order valence-electron chi connectivity index (χ4n) is 2.35. The second kappa shape index (κ2) is 10.2. The summed E-state index contributed by atoms with van der Waals surface area (Å²) in [5.41, 5.74) is 0.640. The molecule has 30 heavy (non-hydrogen) atoms. The molecular formula is C21H26N2O6S. The Labute approximate surface area is 176 Å². The quantitative estimate of drug-likeness (QED) is 0.585. The number of carbonyl (C=O) groups is 2. The Balaban J connectivity index is 1.89. The Morgan fingerprint density at radius 2 is 1.60 bits per heavy atom. The zero-order valence-corrected chi connectivity index (χ0v) is 17.9. The highest BCUT2D eigenvalue weighted by Gasteiger charge is 2.19. The molecule has 0 radical (unpaired) electrons. The predicted molar refractivity (Wildman–Crippen MR) is 113 cm³/mol. The SMILES string of the molecule is CC(C)CCOc1ccc(C(=O)OC(C)C(=O)Nc2ccc(S(N)(=O)=O)cc2)cc1. The molecule has 0 aliphatic carbocycles. The first-order valence-corrected chi connectivity index (χ1v) is 11.0. The summed E-state index contributed by atoms with van der Waals surface area (Å²) in [4.78, 5) is 24.4. The van der Waals surface area contributed by atoms with Gasteiger partial charge >= 0.3 is 5.97 Å². The first-order chi connectivity index (χ1) is 14.1. The number of primary sulfonamides is 1. The topological polar surface area (TPSA) is 125 Å². The van der Waals surface area contributed by atoms with Crippen molar-refractivity contribution in [2.24, 2.45) is 11.1 Å². The molecule has 0 bridgehead atoms. The molecule has 2 aromatic rings. The van der Waals surface area contributed by atoms with Gasteiger partial charge in [0.25, 0.3) is 5.91 Å². The van der Waals surface area contributed by atoms with Crippen LogP contribution in [0.5, 0.6) is 5.75 Å². The van der Waals surface area contributed by atoms with Crippen LogP contribution >= 0.6 is 0 Å². The molecule has 0 saturated carbocycles. The number of benzene rings is 2. The average Bonchev–Trinajstić information content (AvgIpc) is 2.67. The van der Waals surface area contributed by atoms with Crippen molar-refractivity contribution in [2.75, 3.05) is 11.9 Å². The lowest BCUT2D eigenvalue weighted by molar-refractivity contribution is -0.123. The number of amides is 1. The number of rotatable bonds is 9. The summed E-state index contributed by atoms with van der Waals surface area (Å²) >= 11 is 0. The van der Waals surface area contributed by atoms with Gasteiger partial charge in [0.15, 0.2) is 6.10 Å². The second-order valence-corrected chi connectivity index (χ2v) is 8.72. The van der Waals surface area contributed by atoms with E-state index in [2.05, 4.69) is 19.2 Å². The summed E-state index contributed by atoms with van der Waals surface area (Å²) < 4.78 is 33.3. The first kappa shape index (κ1) is 23.4. The van der Waals surface area contributed by atoms with Crippen LogP contribution in [0, 0.1) is 5.92 Å². The van der Waals surface area contributed by atoms with Gasteiger partial charge in [-0.2, -0.15) is 0 Å². The van der Waals surface area contributed by atoms with E-state index in [0.29, 0.717) is 29.5 Å². The predicted octanol–water partition coefficient (Wildman–Crippen LogP) is 2.94. The Kier molecular flexibility index (Phi) is 7.96. The minimum atomic E-state index is -3.81. The lowest BCUT2D eigenvalue weighted by Crippen LogP contribution is -2.30. The molecule has 9 heteroatoms. The molecule has 8 nitrogen and oxygen atoms in total. The zero-order valence-electron chi connectivity index (χ0n) is 17.1. The molecule has 1 unspecified atom stereocenters. The van der Waals surface area contributed by atoms with Gasteiger partial charge < -0.3 is 14.8 Å². The van der Waals surface area contributed by atoms with Crippen LogP contribution in [0.3, 0.4) is 0 Å². The lowest BCUT2D eigenvalue weighted by Gasteiger charge is -2.14. The molecule has 0 saturated heterocycles. The molecule has 3 N–H and O–H groups in total. The molecule has 1 atom stereocenters. The molecule has 1 amide bonds. The highest BCUT2D eigenvalue weighted by atomic mass is 32.2. The number of esters is 1. The smallest absolute Gasteiger partial charge is 0.338 e. The van der Waals surface area contributed by atoms with E-state index in [0.717, 1.165) is 6.42 Å². The van der Waals surface area contributed by atoms with Gasteiger partial charge in [0.2, 0.25) is 10.0 Å². The van der Waals surface area contributed by atoms with Crippen LogP contribution in [0.25, 0.3) is 0 Å². The van der Waals surface area contributed by atoms with Crippen molar-refractivity contribution in [3.63, 3.8) is 0 Å². The van der Waals surface area contributed by atoms with E-state index in [9.17, 15) is 18.0 Å². The number of carbonyl (C=O) groups excluding carboxylic acids is 2. The summed E-state index contributed by atoms with van der Waals surface area (Å²) in [6.45, 7) is 6.25. The van der Waals surface area contributed by atoms with E-state index < -0.39 is 28.0 Å². The van der Waals surface area contributed by atoms with Crippen molar-refractivity contribution in [3.05, 3.63) is 54.1 Å². The molecule has 2 rings (SSSR count). The van der Waals surface area contributed by atoms with E-state index in [-0.39, 0.29) is 4.90 Å². The summed E-state index contributed by atoms with van der Waals surface area (Å²) in [6, 6.07) is 11.8. The first-order valence-electron chi connectivity index (χ1n) is 9.44. The maximum atomic E-state index is 12.3. The van der Waals surface area contributed by atoms with Gasteiger partial charge in [-0.05, 0) is 67.8 Å². The fraction of sp³-hybridized carbons (Fsp3) is 0.333. The molecule has 0 aliphatic rings. The normalized spacial score (nSPS) is 12.3.